The third-order valence-electron chi connectivity index (χ3n) is 3.11. The normalized spacial score (nSPS) is 14.8. The van der Waals surface area contributed by atoms with Crippen molar-refractivity contribution in [3.63, 3.8) is 0 Å². The molecule has 1 aliphatic heterocycles. The van der Waals surface area contributed by atoms with Crippen molar-refractivity contribution in [2.24, 2.45) is 0 Å². The Hall–Kier alpha value is -1.84. The number of imide groups is 1. The monoisotopic (exact) mass is 246 g/mol. The Bertz CT molecular complexity index is 417. The number of carbonyl (C=O) groups excluding carboxylic acids is 2. The molecule has 18 heavy (non-hydrogen) atoms. The van der Waals surface area contributed by atoms with E-state index in [0.717, 1.165) is 32.2 Å². The second-order valence-electron chi connectivity index (χ2n) is 4.50. The van der Waals surface area contributed by atoms with E-state index in [1.54, 1.807) is 0 Å². The van der Waals surface area contributed by atoms with Crippen molar-refractivity contribution in [1.29, 1.82) is 0 Å². The molecule has 96 valence electrons. The average molecular weight is 246 g/mol. The van der Waals surface area contributed by atoms with Crippen LogP contribution in [0.4, 0.5) is 0 Å². The maximum absolute atomic E-state index is 11.3. The summed E-state index contributed by atoms with van der Waals surface area (Å²) in [7, 11) is 0. The molecule has 0 saturated carbocycles. The smallest absolute Gasteiger partial charge is 0.253 e. The number of carbonyl (C=O) groups is 2. The van der Waals surface area contributed by atoms with Gasteiger partial charge in [-0.15, -0.1) is 0 Å². The van der Waals surface area contributed by atoms with Gasteiger partial charge in [-0.3, -0.25) is 14.5 Å². The van der Waals surface area contributed by atoms with E-state index in [1.807, 2.05) is 12.1 Å². The molecule has 0 spiro atoms. The van der Waals surface area contributed by atoms with E-state index in [0.29, 0.717) is 6.54 Å². The van der Waals surface area contributed by atoms with Crippen LogP contribution < -0.4 is 0 Å². The van der Waals surface area contributed by atoms with E-state index in [-0.39, 0.29) is 11.8 Å². The lowest BCUT2D eigenvalue weighted by molar-refractivity contribution is -0.136. The van der Waals surface area contributed by atoms with Crippen LogP contribution >= 0.6 is 0 Å². The quantitative estimate of drug-likeness (QED) is 0.545. The van der Waals surface area contributed by atoms with Gasteiger partial charge in [0, 0.05) is 37.6 Å². The molecular formula is C14H18N2O2. The highest BCUT2D eigenvalue weighted by molar-refractivity contribution is 6.12. The highest BCUT2D eigenvalue weighted by Gasteiger charge is 2.21. The van der Waals surface area contributed by atoms with Crippen LogP contribution in [0, 0.1) is 0 Å². The summed E-state index contributed by atoms with van der Waals surface area (Å²) < 4.78 is 2.16. The van der Waals surface area contributed by atoms with Crippen molar-refractivity contribution in [2.75, 3.05) is 6.54 Å². The van der Waals surface area contributed by atoms with Gasteiger partial charge in [-0.2, -0.15) is 0 Å². The van der Waals surface area contributed by atoms with Crippen molar-refractivity contribution in [3.05, 3.63) is 36.7 Å². The molecule has 2 rings (SSSR count). The van der Waals surface area contributed by atoms with Gasteiger partial charge < -0.3 is 4.57 Å². The van der Waals surface area contributed by atoms with Gasteiger partial charge in [0.2, 0.25) is 0 Å². The van der Waals surface area contributed by atoms with Gasteiger partial charge in [0.1, 0.15) is 0 Å². The van der Waals surface area contributed by atoms with Crippen LogP contribution in [-0.4, -0.2) is 27.8 Å². The maximum atomic E-state index is 11.3. The Labute approximate surface area is 107 Å². The van der Waals surface area contributed by atoms with E-state index in [1.165, 1.54) is 17.1 Å². The molecule has 0 aliphatic carbocycles. The van der Waals surface area contributed by atoms with Crippen molar-refractivity contribution < 1.29 is 9.59 Å². The Morgan fingerprint density at radius 1 is 0.778 bits per heavy atom. The van der Waals surface area contributed by atoms with E-state index in [2.05, 4.69) is 17.0 Å². The number of aromatic nitrogens is 1. The van der Waals surface area contributed by atoms with Crippen LogP contribution in [0.5, 0.6) is 0 Å². The third kappa shape index (κ3) is 3.32. The number of aryl methyl sites for hydroxylation is 1. The van der Waals surface area contributed by atoms with Crippen LogP contribution in [0.2, 0.25) is 0 Å². The number of hydrogen-bond donors (Lipinski definition) is 0. The number of amides is 2. The van der Waals surface area contributed by atoms with E-state index < -0.39 is 0 Å². The lowest BCUT2D eigenvalue weighted by atomic mass is 10.2. The van der Waals surface area contributed by atoms with E-state index in [4.69, 9.17) is 0 Å². The van der Waals surface area contributed by atoms with E-state index >= 15 is 0 Å². The number of rotatable bonds is 7. The highest BCUT2D eigenvalue weighted by Crippen LogP contribution is 2.08. The Balaban J connectivity index is 1.54. The predicted octanol–water partition coefficient (Wildman–Crippen LogP) is 1.97. The Kier molecular flexibility index (Phi) is 4.34. The number of hydrogen-bond acceptors (Lipinski definition) is 2. The SMILES string of the molecule is O=C1C=CC(=O)N1CCCCCCn1cccc1. The molecule has 0 fully saturated rings. The number of nitrogens with zero attached hydrogens (tertiary/aromatic N) is 2. The van der Waals surface area contributed by atoms with Crippen LogP contribution in [0.3, 0.4) is 0 Å². The molecule has 1 aliphatic rings. The Morgan fingerprint density at radius 3 is 1.94 bits per heavy atom. The van der Waals surface area contributed by atoms with E-state index in [9.17, 15) is 9.59 Å². The zero-order valence-electron chi connectivity index (χ0n) is 10.4. The first-order valence-electron chi connectivity index (χ1n) is 6.41. The molecule has 1 aromatic rings. The fraction of sp³-hybridized carbons (Fsp3) is 0.429. The average Bonchev–Trinajstić information content (AvgIpc) is 2.97. The fourth-order valence-electron chi connectivity index (χ4n) is 2.09. The Morgan fingerprint density at radius 2 is 1.33 bits per heavy atom. The van der Waals surface area contributed by atoms with Gasteiger partial charge in [-0.05, 0) is 25.0 Å². The summed E-state index contributed by atoms with van der Waals surface area (Å²) in [5.74, 6) is -0.348. The first kappa shape index (κ1) is 12.6. The van der Waals surface area contributed by atoms with Crippen LogP contribution in [0.25, 0.3) is 0 Å². The van der Waals surface area contributed by atoms with Gasteiger partial charge in [0.15, 0.2) is 0 Å². The third-order valence-corrected chi connectivity index (χ3v) is 3.11. The fourth-order valence-corrected chi connectivity index (χ4v) is 2.09. The van der Waals surface area contributed by atoms with Gasteiger partial charge in [-0.25, -0.2) is 0 Å². The molecule has 2 amide bonds. The molecule has 0 radical (unpaired) electrons. The molecule has 2 heterocycles. The summed E-state index contributed by atoms with van der Waals surface area (Å²) in [6.07, 6.45) is 11.0. The molecular weight excluding hydrogens is 228 g/mol. The number of unbranched alkanes of at least 4 members (excludes halogenated alkanes) is 3. The van der Waals surface area contributed by atoms with Gasteiger partial charge in [0.05, 0.1) is 0 Å². The second-order valence-corrected chi connectivity index (χ2v) is 4.50. The minimum absolute atomic E-state index is 0.174. The van der Waals surface area contributed by atoms with Crippen LogP contribution in [-0.2, 0) is 16.1 Å². The summed E-state index contributed by atoms with van der Waals surface area (Å²) in [5.41, 5.74) is 0. The summed E-state index contributed by atoms with van der Waals surface area (Å²) in [6, 6.07) is 4.05. The summed E-state index contributed by atoms with van der Waals surface area (Å²) in [5, 5.41) is 0. The van der Waals surface area contributed by atoms with Crippen molar-refractivity contribution in [2.45, 2.75) is 32.2 Å². The topological polar surface area (TPSA) is 42.3 Å². The summed E-state index contributed by atoms with van der Waals surface area (Å²) in [4.78, 5) is 23.9. The molecule has 1 aromatic heterocycles. The summed E-state index contributed by atoms with van der Waals surface area (Å²) in [6.45, 7) is 1.59. The minimum Gasteiger partial charge on any atom is -0.354 e. The highest BCUT2D eigenvalue weighted by atomic mass is 16.2. The first-order valence-corrected chi connectivity index (χ1v) is 6.41. The minimum atomic E-state index is -0.174. The predicted molar refractivity (Wildman–Crippen MR) is 68.8 cm³/mol. The van der Waals surface area contributed by atoms with Gasteiger partial charge in [0.25, 0.3) is 11.8 Å². The molecule has 4 heteroatoms. The van der Waals surface area contributed by atoms with Crippen LogP contribution in [0.15, 0.2) is 36.7 Å². The largest absolute Gasteiger partial charge is 0.354 e. The zero-order chi connectivity index (χ0) is 12.8. The molecule has 0 unspecified atom stereocenters. The lowest BCUT2D eigenvalue weighted by Crippen LogP contribution is -2.30. The molecule has 0 saturated heterocycles. The molecule has 0 N–H and O–H groups in total. The maximum Gasteiger partial charge on any atom is 0.253 e. The lowest BCUT2D eigenvalue weighted by Gasteiger charge is -2.13. The van der Waals surface area contributed by atoms with Crippen molar-refractivity contribution in [3.8, 4) is 0 Å². The standard InChI is InChI=1S/C14H18N2O2/c17-13-7-8-14(18)16(13)12-4-2-1-3-9-15-10-5-6-11-15/h5-8,10-11H,1-4,9,12H2. The first-order chi connectivity index (χ1) is 8.77. The second kappa shape index (κ2) is 6.19. The summed E-state index contributed by atoms with van der Waals surface area (Å²) >= 11 is 0. The molecule has 4 nitrogen and oxygen atoms in total. The molecule has 0 bridgehead atoms. The van der Waals surface area contributed by atoms with Crippen molar-refractivity contribution >= 4 is 11.8 Å². The molecule has 0 aromatic carbocycles. The van der Waals surface area contributed by atoms with Crippen molar-refractivity contribution in [1.82, 2.24) is 9.47 Å². The van der Waals surface area contributed by atoms with Gasteiger partial charge >= 0.3 is 0 Å². The van der Waals surface area contributed by atoms with Gasteiger partial charge in [-0.1, -0.05) is 12.8 Å². The van der Waals surface area contributed by atoms with Crippen LogP contribution in [0.1, 0.15) is 25.7 Å². The zero-order valence-corrected chi connectivity index (χ0v) is 10.4. The molecule has 0 atom stereocenters.